The van der Waals surface area contributed by atoms with Gasteiger partial charge in [0.1, 0.15) is 23.1 Å². The average molecular weight is 280 g/mol. The zero-order valence-electron chi connectivity index (χ0n) is 11.2. The maximum absolute atomic E-state index is 9.28. The van der Waals surface area contributed by atoms with Crippen LogP contribution in [0.4, 0.5) is 0 Å². The summed E-state index contributed by atoms with van der Waals surface area (Å²) in [6, 6.07) is 15.0. The summed E-state index contributed by atoms with van der Waals surface area (Å²) in [5.41, 5.74) is 1.97. The van der Waals surface area contributed by atoms with Gasteiger partial charge < -0.3 is 4.74 Å². The molecule has 0 aliphatic carbocycles. The molecule has 0 fully saturated rings. The predicted octanol–water partition coefficient (Wildman–Crippen LogP) is 4.25. The van der Waals surface area contributed by atoms with E-state index in [1.807, 2.05) is 31.4 Å². The molecule has 0 saturated carbocycles. The van der Waals surface area contributed by atoms with E-state index in [4.69, 9.17) is 10.00 Å². The Morgan fingerprint density at radius 1 is 1.05 bits per heavy atom. The fourth-order valence-corrected chi connectivity index (χ4v) is 2.34. The highest BCUT2D eigenvalue weighted by Gasteiger charge is 2.11. The van der Waals surface area contributed by atoms with Crippen LogP contribution in [0, 0.1) is 29.6 Å². The Balaban J connectivity index is 2.46. The third-order valence-corrected chi connectivity index (χ3v) is 3.64. The SMILES string of the molecule is CSc1cccc(Oc2cc(C#N)ccc2C)c1C#N. The van der Waals surface area contributed by atoms with E-state index >= 15 is 0 Å². The molecular weight excluding hydrogens is 268 g/mol. The number of aryl methyl sites for hydroxylation is 1. The maximum Gasteiger partial charge on any atom is 0.146 e. The molecule has 0 heterocycles. The average Bonchev–Trinajstić information content (AvgIpc) is 2.49. The molecule has 0 atom stereocenters. The Morgan fingerprint density at radius 2 is 1.85 bits per heavy atom. The molecule has 0 radical (unpaired) electrons. The van der Waals surface area contributed by atoms with Gasteiger partial charge in [0.05, 0.1) is 11.6 Å². The van der Waals surface area contributed by atoms with E-state index in [1.165, 1.54) is 11.8 Å². The third kappa shape index (κ3) is 2.77. The molecule has 4 heteroatoms. The Kier molecular flexibility index (Phi) is 4.30. The van der Waals surface area contributed by atoms with Crippen LogP contribution in [-0.2, 0) is 0 Å². The fraction of sp³-hybridized carbons (Fsp3) is 0.125. The maximum atomic E-state index is 9.28. The molecule has 0 saturated heterocycles. The van der Waals surface area contributed by atoms with E-state index in [-0.39, 0.29) is 0 Å². The molecule has 98 valence electrons. The second-order valence-corrected chi connectivity index (χ2v) is 4.99. The summed E-state index contributed by atoms with van der Waals surface area (Å²) in [5, 5.41) is 18.2. The van der Waals surface area contributed by atoms with Crippen LogP contribution in [0.1, 0.15) is 16.7 Å². The number of hydrogen-bond acceptors (Lipinski definition) is 4. The van der Waals surface area contributed by atoms with Crippen LogP contribution in [-0.4, -0.2) is 6.26 Å². The first-order valence-electron chi connectivity index (χ1n) is 5.95. The molecule has 2 aromatic carbocycles. The molecule has 0 aliphatic heterocycles. The van der Waals surface area contributed by atoms with Crippen LogP contribution in [0.2, 0.25) is 0 Å². The first-order valence-corrected chi connectivity index (χ1v) is 7.17. The van der Waals surface area contributed by atoms with Crippen molar-refractivity contribution in [2.75, 3.05) is 6.26 Å². The summed E-state index contributed by atoms with van der Waals surface area (Å²) in [6.07, 6.45) is 1.92. The van der Waals surface area contributed by atoms with Gasteiger partial charge in [-0.1, -0.05) is 12.1 Å². The molecular formula is C16H12N2OS. The van der Waals surface area contributed by atoms with Crippen molar-refractivity contribution in [3.63, 3.8) is 0 Å². The highest BCUT2D eigenvalue weighted by molar-refractivity contribution is 7.98. The molecule has 0 spiro atoms. The monoisotopic (exact) mass is 280 g/mol. The molecule has 2 aromatic rings. The number of benzene rings is 2. The van der Waals surface area contributed by atoms with E-state index in [0.29, 0.717) is 22.6 Å². The van der Waals surface area contributed by atoms with Gasteiger partial charge in [-0.05, 0) is 43.0 Å². The highest BCUT2D eigenvalue weighted by atomic mass is 32.2. The van der Waals surface area contributed by atoms with E-state index < -0.39 is 0 Å². The minimum atomic E-state index is 0.512. The van der Waals surface area contributed by atoms with Crippen LogP contribution < -0.4 is 4.74 Å². The van der Waals surface area contributed by atoms with Gasteiger partial charge in [0.2, 0.25) is 0 Å². The zero-order chi connectivity index (χ0) is 14.5. The van der Waals surface area contributed by atoms with Crippen molar-refractivity contribution in [3.05, 3.63) is 53.1 Å². The first-order chi connectivity index (χ1) is 9.69. The lowest BCUT2D eigenvalue weighted by molar-refractivity contribution is 0.475. The molecule has 2 rings (SSSR count). The van der Waals surface area contributed by atoms with Crippen molar-refractivity contribution in [2.45, 2.75) is 11.8 Å². The van der Waals surface area contributed by atoms with E-state index in [1.54, 1.807) is 18.2 Å². The summed E-state index contributed by atoms with van der Waals surface area (Å²) in [7, 11) is 0. The minimum Gasteiger partial charge on any atom is -0.456 e. The van der Waals surface area contributed by atoms with E-state index in [2.05, 4.69) is 12.1 Å². The summed E-state index contributed by atoms with van der Waals surface area (Å²) in [4.78, 5) is 0.874. The number of hydrogen-bond donors (Lipinski definition) is 0. The smallest absolute Gasteiger partial charge is 0.146 e. The minimum absolute atomic E-state index is 0.512. The normalized spacial score (nSPS) is 9.60. The zero-order valence-corrected chi connectivity index (χ0v) is 12.0. The molecule has 0 bridgehead atoms. The van der Waals surface area contributed by atoms with Crippen molar-refractivity contribution in [1.82, 2.24) is 0 Å². The van der Waals surface area contributed by atoms with Crippen molar-refractivity contribution in [2.24, 2.45) is 0 Å². The quantitative estimate of drug-likeness (QED) is 0.788. The van der Waals surface area contributed by atoms with Crippen LogP contribution in [0.3, 0.4) is 0 Å². The van der Waals surface area contributed by atoms with Gasteiger partial charge in [0.25, 0.3) is 0 Å². The molecule has 0 unspecified atom stereocenters. The van der Waals surface area contributed by atoms with Gasteiger partial charge in [-0.3, -0.25) is 0 Å². The van der Waals surface area contributed by atoms with E-state index in [9.17, 15) is 5.26 Å². The lowest BCUT2D eigenvalue weighted by Crippen LogP contribution is -1.93. The van der Waals surface area contributed by atoms with Gasteiger partial charge in [-0.2, -0.15) is 10.5 Å². The second-order valence-electron chi connectivity index (χ2n) is 4.14. The summed E-state index contributed by atoms with van der Waals surface area (Å²) in [6.45, 7) is 1.90. The van der Waals surface area contributed by atoms with Crippen LogP contribution in [0.25, 0.3) is 0 Å². The number of nitriles is 2. The van der Waals surface area contributed by atoms with Crippen LogP contribution >= 0.6 is 11.8 Å². The van der Waals surface area contributed by atoms with Crippen molar-refractivity contribution >= 4 is 11.8 Å². The molecule has 3 nitrogen and oxygen atoms in total. The number of rotatable bonds is 3. The van der Waals surface area contributed by atoms with Gasteiger partial charge in [-0.25, -0.2) is 0 Å². The summed E-state index contributed by atoms with van der Waals surface area (Å²) < 4.78 is 5.83. The largest absolute Gasteiger partial charge is 0.456 e. The van der Waals surface area contributed by atoms with Crippen molar-refractivity contribution < 1.29 is 4.74 Å². The van der Waals surface area contributed by atoms with Crippen molar-refractivity contribution in [3.8, 4) is 23.6 Å². The molecule has 0 aliphatic rings. The molecule has 0 amide bonds. The summed E-state index contributed by atoms with van der Waals surface area (Å²) >= 11 is 1.50. The lowest BCUT2D eigenvalue weighted by Gasteiger charge is -2.11. The fourth-order valence-electron chi connectivity index (χ4n) is 1.77. The Morgan fingerprint density at radius 3 is 2.50 bits per heavy atom. The molecule has 0 aromatic heterocycles. The Hall–Kier alpha value is -2.43. The lowest BCUT2D eigenvalue weighted by atomic mass is 10.1. The van der Waals surface area contributed by atoms with Gasteiger partial charge in [0, 0.05) is 4.90 Å². The van der Waals surface area contributed by atoms with Crippen molar-refractivity contribution in [1.29, 1.82) is 10.5 Å². The van der Waals surface area contributed by atoms with Crippen LogP contribution in [0.5, 0.6) is 11.5 Å². The number of ether oxygens (including phenoxy) is 1. The first kappa shape index (κ1) is 14.0. The van der Waals surface area contributed by atoms with Gasteiger partial charge in [-0.15, -0.1) is 11.8 Å². The summed E-state index contributed by atoms with van der Waals surface area (Å²) in [5.74, 6) is 1.11. The third-order valence-electron chi connectivity index (χ3n) is 2.86. The van der Waals surface area contributed by atoms with Gasteiger partial charge >= 0.3 is 0 Å². The van der Waals surface area contributed by atoms with E-state index in [0.717, 1.165) is 10.5 Å². The standard InChI is InChI=1S/C16H12N2OS/c1-11-6-7-12(9-17)8-15(11)19-14-4-3-5-16(20-2)13(14)10-18/h3-8H,1-2H3. The highest BCUT2D eigenvalue weighted by Crippen LogP contribution is 2.33. The number of nitrogens with zero attached hydrogens (tertiary/aromatic N) is 2. The Labute approximate surface area is 122 Å². The topological polar surface area (TPSA) is 56.8 Å². The second kappa shape index (κ2) is 6.14. The molecule has 20 heavy (non-hydrogen) atoms. The van der Waals surface area contributed by atoms with Gasteiger partial charge in [0.15, 0.2) is 0 Å². The van der Waals surface area contributed by atoms with Crippen LogP contribution in [0.15, 0.2) is 41.3 Å². The Bertz CT molecular complexity index is 726. The number of thioether (sulfide) groups is 1. The molecule has 0 N–H and O–H groups in total. The predicted molar refractivity (Wildman–Crippen MR) is 78.9 cm³/mol.